The lowest BCUT2D eigenvalue weighted by Gasteiger charge is -2.12. The van der Waals surface area contributed by atoms with Crippen LogP contribution < -0.4 is 4.74 Å². The molecular weight excluding hydrogens is 239 g/mol. The summed E-state index contributed by atoms with van der Waals surface area (Å²) in [6, 6.07) is 5.92. The highest BCUT2D eigenvalue weighted by atomic mass is 19.1. The molecule has 1 aliphatic rings. The number of carbonyl (C=O) groups is 1. The molecule has 1 atom stereocenters. The van der Waals surface area contributed by atoms with E-state index >= 15 is 0 Å². The molecular formula is C12H9FN2O3. The number of benzene rings is 1. The van der Waals surface area contributed by atoms with Crippen LogP contribution in [0.4, 0.5) is 4.39 Å². The smallest absolute Gasteiger partial charge is 0.354 e. The fourth-order valence-corrected chi connectivity index (χ4v) is 2.10. The van der Waals surface area contributed by atoms with Gasteiger partial charge in [0.15, 0.2) is 5.69 Å². The van der Waals surface area contributed by atoms with Crippen LogP contribution in [0.3, 0.4) is 0 Å². The number of hydrogen-bond acceptors (Lipinski definition) is 3. The summed E-state index contributed by atoms with van der Waals surface area (Å²) in [4.78, 5) is 15.0. The van der Waals surface area contributed by atoms with Crippen molar-refractivity contribution in [3.63, 3.8) is 0 Å². The Morgan fingerprint density at radius 1 is 1.56 bits per heavy atom. The Bertz CT molecular complexity index is 624. The number of aromatic carboxylic acids is 1. The Morgan fingerprint density at radius 2 is 2.39 bits per heavy atom. The average molecular weight is 248 g/mol. The molecule has 0 bridgehead atoms. The van der Waals surface area contributed by atoms with E-state index in [0.717, 1.165) is 0 Å². The van der Waals surface area contributed by atoms with Gasteiger partial charge < -0.3 is 9.84 Å². The van der Waals surface area contributed by atoms with Crippen LogP contribution in [0.2, 0.25) is 0 Å². The Balaban J connectivity index is 2.09. The van der Waals surface area contributed by atoms with E-state index in [9.17, 15) is 9.18 Å². The molecule has 1 N–H and O–H groups in total. The van der Waals surface area contributed by atoms with Crippen LogP contribution in [0.15, 0.2) is 30.5 Å². The topological polar surface area (TPSA) is 64.3 Å². The second kappa shape index (κ2) is 3.83. The molecule has 0 aliphatic carbocycles. The molecule has 0 amide bonds. The van der Waals surface area contributed by atoms with Gasteiger partial charge in [0, 0.05) is 0 Å². The molecule has 3 rings (SSSR count). The molecule has 92 valence electrons. The first-order valence-electron chi connectivity index (χ1n) is 5.35. The number of nitrogens with zero attached hydrogens (tertiary/aromatic N) is 2. The minimum Gasteiger partial charge on any atom is -0.477 e. The van der Waals surface area contributed by atoms with E-state index in [1.807, 2.05) is 0 Å². The SMILES string of the molecule is O=C(O)c1cnc2n1C(c1cccc(F)c1)CO2. The Hall–Kier alpha value is -2.37. The predicted molar refractivity (Wildman–Crippen MR) is 59.2 cm³/mol. The van der Waals surface area contributed by atoms with E-state index in [-0.39, 0.29) is 30.2 Å². The van der Waals surface area contributed by atoms with E-state index < -0.39 is 5.97 Å². The average Bonchev–Trinajstić information content (AvgIpc) is 2.88. The quantitative estimate of drug-likeness (QED) is 0.878. The Kier molecular flexibility index (Phi) is 2.29. The molecule has 1 unspecified atom stereocenters. The van der Waals surface area contributed by atoms with Gasteiger partial charge >= 0.3 is 5.97 Å². The summed E-state index contributed by atoms with van der Waals surface area (Å²) in [5.74, 6) is -1.45. The van der Waals surface area contributed by atoms with Crippen molar-refractivity contribution in [2.75, 3.05) is 6.61 Å². The molecule has 1 aromatic carbocycles. The molecule has 1 aromatic heterocycles. The maximum atomic E-state index is 13.2. The molecule has 0 saturated carbocycles. The molecule has 5 nitrogen and oxygen atoms in total. The van der Waals surface area contributed by atoms with Crippen molar-refractivity contribution in [3.8, 4) is 6.01 Å². The number of fused-ring (bicyclic) bond motifs is 1. The minimum atomic E-state index is -1.08. The van der Waals surface area contributed by atoms with Crippen LogP contribution in [-0.2, 0) is 0 Å². The fourth-order valence-electron chi connectivity index (χ4n) is 2.10. The van der Waals surface area contributed by atoms with Crippen molar-refractivity contribution in [3.05, 3.63) is 47.5 Å². The van der Waals surface area contributed by atoms with Crippen molar-refractivity contribution < 1.29 is 19.0 Å². The highest BCUT2D eigenvalue weighted by molar-refractivity contribution is 5.86. The van der Waals surface area contributed by atoms with E-state index in [4.69, 9.17) is 9.84 Å². The van der Waals surface area contributed by atoms with Crippen molar-refractivity contribution in [1.29, 1.82) is 0 Å². The van der Waals surface area contributed by atoms with E-state index in [1.54, 1.807) is 12.1 Å². The number of hydrogen-bond donors (Lipinski definition) is 1. The van der Waals surface area contributed by atoms with Gasteiger partial charge in [0.05, 0.1) is 12.2 Å². The molecule has 0 spiro atoms. The number of rotatable bonds is 2. The standard InChI is InChI=1S/C12H9FN2O3/c13-8-3-1-2-7(4-8)10-6-18-12-14-5-9(11(16)17)15(10)12/h1-5,10H,6H2,(H,16,17). The van der Waals surface area contributed by atoms with Gasteiger partial charge in [-0.25, -0.2) is 14.2 Å². The lowest BCUT2D eigenvalue weighted by Crippen LogP contribution is -2.14. The highest BCUT2D eigenvalue weighted by Crippen LogP contribution is 2.32. The molecule has 0 fully saturated rings. The van der Waals surface area contributed by atoms with Gasteiger partial charge in [-0.3, -0.25) is 4.57 Å². The number of ether oxygens (including phenoxy) is 1. The van der Waals surface area contributed by atoms with E-state index in [2.05, 4.69) is 4.98 Å². The molecule has 18 heavy (non-hydrogen) atoms. The van der Waals surface area contributed by atoms with E-state index in [0.29, 0.717) is 5.56 Å². The van der Waals surface area contributed by atoms with Crippen molar-refractivity contribution in [2.45, 2.75) is 6.04 Å². The summed E-state index contributed by atoms with van der Waals surface area (Å²) in [5, 5.41) is 9.07. The van der Waals surface area contributed by atoms with Gasteiger partial charge in [-0.2, -0.15) is 0 Å². The first kappa shape index (κ1) is 10.8. The number of carboxylic acids is 1. The summed E-state index contributed by atoms with van der Waals surface area (Å²) < 4.78 is 20.0. The molecule has 2 aromatic rings. The maximum Gasteiger partial charge on any atom is 0.354 e. The zero-order chi connectivity index (χ0) is 12.7. The Labute approximate surface area is 101 Å². The lowest BCUT2D eigenvalue weighted by molar-refractivity contribution is 0.0684. The summed E-state index contributed by atoms with van der Waals surface area (Å²) >= 11 is 0. The fraction of sp³-hybridized carbons (Fsp3) is 0.167. The van der Waals surface area contributed by atoms with Crippen LogP contribution in [0.1, 0.15) is 22.1 Å². The van der Waals surface area contributed by atoms with Gasteiger partial charge in [0.25, 0.3) is 6.01 Å². The monoisotopic (exact) mass is 248 g/mol. The zero-order valence-corrected chi connectivity index (χ0v) is 9.21. The maximum absolute atomic E-state index is 13.2. The van der Waals surface area contributed by atoms with Crippen LogP contribution in [-0.4, -0.2) is 27.2 Å². The second-order valence-electron chi connectivity index (χ2n) is 3.98. The third-order valence-electron chi connectivity index (χ3n) is 2.90. The molecule has 0 saturated heterocycles. The van der Waals surface area contributed by atoms with Crippen molar-refractivity contribution in [1.82, 2.24) is 9.55 Å². The minimum absolute atomic E-state index is 0.0387. The largest absolute Gasteiger partial charge is 0.477 e. The van der Waals surface area contributed by atoms with E-state index in [1.165, 1.54) is 22.9 Å². The number of imidazole rings is 1. The highest BCUT2D eigenvalue weighted by Gasteiger charge is 2.31. The third kappa shape index (κ3) is 1.54. The zero-order valence-electron chi connectivity index (χ0n) is 9.21. The summed E-state index contributed by atoms with van der Waals surface area (Å²) in [7, 11) is 0. The number of carboxylic acid groups (broad SMARTS) is 1. The Morgan fingerprint density at radius 3 is 3.11 bits per heavy atom. The van der Waals surface area contributed by atoms with Crippen LogP contribution in [0.25, 0.3) is 0 Å². The van der Waals surface area contributed by atoms with Gasteiger partial charge in [0.1, 0.15) is 12.4 Å². The van der Waals surface area contributed by atoms with Gasteiger partial charge in [-0.1, -0.05) is 12.1 Å². The number of halogens is 1. The summed E-state index contributed by atoms with van der Waals surface area (Å²) in [5.41, 5.74) is 0.700. The summed E-state index contributed by atoms with van der Waals surface area (Å²) in [6.45, 7) is 0.257. The van der Waals surface area contributed by atoms with Crippen LogP contribution in [0, 0.1) is 5.82 Å². The molecule has 1 aliphatic heterocycles. The molecule has 6 heteroatoms. The van der Waals surface area contributed by atoms with Crippen LogP contribution in [0.5, 0.6) is 6.01 Å². The van der Waals surface area contributed by atoms with Crippen molar-refractivity contribution >= 4 is 5.97 Å². The molecule has 0 radical (unpaired) electrons. The van der Waals surface area contributed by atoms with Crippen LogP contribution >= 0.6 is 0 Å². The number of aromatic nitrogens is 2. The second-order valence-corrected chi connectivity index (χ2v) is 3.98. The first-order valence-corrected chi connectivity index (χ1v) is 5.35. The predicted octanol–water partition coefficient (Wildman–Crippen LogP) is 1.70. The molecule has 2 heterocycles. The normalized spacial score (nSPS) is 17.3. The summed E-state index contributed by atoms with van der Waals surface area (Å²) in [6.07, 6.45) is 1.24. The van der Waals surface area contributed by atoms with Gasteiger partial charge in [0.2, 0.25) is 0 Å². The third-order valence-corrected chi connectivity index (χ3v) is 2.90. The van der Waals surface area contributed by atoms with Crippen molar-refractivity contribution in [2.24, 2.45) is 0 Å². The lowest BCUT2D eigenvalue weighted by atomic mass is 10.1. The van der Waals surface area contributed by atoms with Gasteiger partial charge in [-0.05, 0) is 17.7 Å². The van der Waals surface area contributed by atoms with Gasteiger partial charge in [-0.15, -0.1) is 0 Å². The first-order chi connectivity index (χ1) is 8.66.